The van der Waals surface area contributed by atoms with E-state index in [1.54, 1.807) is 0 Å². The molecule has 0 spiro atoms. The van der Waals surface area contributed by atoms with Crippen LogP contribution in [0.1, 0.15) is 0 Å². The van der Waals surface area contributed by atoms with Crippen molar-refractivity contribution in [3.8, 4) is 0 Å². The van der Waals surface area contributed by atoms with E-state index in [2.05, 4.69) is 0 Å². The number of hydrogen-bond acceptors (Lipinski definition) is 2. The lowest BCUT2D eigenvalue weighted by Crippen LogP contribution is -1.26. The van der Waals surface area contributed by atoms with Crippen LogP contribution in [0.3, 0.4) is 0 Å². The highest BCUT2D eigenvalue weighted by atomic mass is 28.2. The lowest BCUT2D eigenvalue weighted by molar-refractivity contribution is 0.497. The molecule has 0 unspecified atom stereocenters. The molecule has 0 aromatic heterocycles. The summed E-state index contributed by atoms with van der Waals surface area (Å²) in [6.45, 7) is 0. The summed E-state index contributed by atoms with van der Waals surface area (Å²) in [7, 11) is -0.917. The van der Waals surface area contributed by atoms with Crippen molar-refractivity contribution in [3.63, 3.8) is 0 Å². The average Bonchev–Trinajstić information content (AvgIpc) is 1.46. The number of halogens is 1. The van der Waals surface area contributed by atoms with Crippen molar-refractivity contribution in [2.75, 3.05) is 7.18 Å². The third-order valence-electron chi connectivity index (χ3n) is 0. The molecule has 0 aliphatic heterocycles. The quantitative estimate of drug-likeness (QED) is 0.395. The first-order valence-corrected chi connectivity index (χ1v) is 1.60. The second kappa shape index (κ2) is 50.7. The fourth-order valence-corrected chi connectivity index (χ4v) is 0. The van der Waals surface area contributed by atoms with Gasteiger partial charge in [-0.05, 0) is 0 Å². The van der Waals surface area contributed by atoms with Crippen molar-refractivity contribution in [2.24, 2.45) is 0 Å². The summed E-state index contributed by atoms with van der Waals surface area (Å²) < 4.78 is 26.3. The van der Waals surface area contributed by atoms with E-state index >= 15 is 0 Å². The summed E-state index contributed by atoms with van der Waals surface area (Å²) in [4.78, 5) is 0. The molecule has 5 heavy (non-hydrogen) atoms. The van der Waals surface area contributed by atoms with Gasteiger partial charge in [-0.2, -0.15) is 0 Å². The Balaban J connectivity index is 0. The second-order valence-electron chi connectivity index (χ2n) is 0.0833. The van der Waals surface area contributed by atoms with Crippen LogP contribution < -0.4 is 0 Å². The van der Waals surface area contributed by atoms with E-state index in [1.807, 2.05) is 0 Å². The van der Waals surface area contributed by atoms with Gasteiger partial charge in [0.1, 0.15) is 0 Å². The largest absolute Gasteiger partial charge is 0.549 e. The van der Waals surface area contributed by atoms with Crippen molar-refractivity contribution in [1.29, 1.82) is 0 Å². The molecule has 0 aromatic carbocycles. The van der Waals surface area contributed by atoms with Crippen LogP contribution in [0.15, 0.2) is 0 Å². The van der Waals surface area contributed by atoms with Crippen molar-refractivity contribution >= 4 is 9.29 Å². The monoisotopic (exact) mass is 94.0 g/mol. The molecule has 0 N–H and O–H groups in total. The van der Waals surface area contributed by atoms with E-state index in [0.29, 0.717) is 7.18 Å². The zero-order valence-corrected chi connectivity index (χ0v) is 3.69. The van der Waals surface area contributed by atoms with Gasteiger partial charge >= 0.3 is 9.29 Å². The summed E-state index contributed by atoms with van der Waals surface area (Å²) in [5.74, 6) is 0. The molecule has 0 heterocycles. The smallest absolute Gasteiger partial charge is 0.274 e. The van der Waals surface area contributed by atoms with Crippen LogP contribution in [0, 0.1) is 0 Å². The van der Waals surface area contributed by atoms with Crippen LogP contribution in [0.5, 0.6) is 0 Å². The van der Waals surface area contributed by atoms with Gasteiger partial charge in [0.05, 0.1) is 7.18 Å². The lowest BCUT2D eigenvalue weighted by atomic mass is 11.9. The number of alkyl halides is 1. The van der Waals surface area contributed by atoms with Crippen LogP contribution in [0.4, 0.5) is 4.39 Å². The van der Waals surface area contributed by atoms with Crippen LogP contribution in [-0.4, -0.2) is 16.5 Å². The van der Waals surface area contributed by atoms with Gasteiger partial charge < -0.3 is 0 Å². The average molecular weight is 94.1 g/mol. The Morgan fingerprint density at radius 3 is 1.40 bits per heavy atom. The Kier molecular flexibility index (Phi) is 89.5. The van der Waals surface area contributed by atoms with Gasteiger partial charge in [0.25, 0.3) is 0 Å². The summed E-state index contributed by atoms with van der Waals surface area (Å²) in [5, 5.41) is 0. The molecule has 0 bridgehead atoms. The van der Waals surface area contributed by atoms with E-state index in [4.69, 9.17) is 8.92 Å². The number of rotatable bonds is 0. The summed E-state index contributed by atoms with van der Waals surface area (Å²) in [5.41, 5.74) is 0. The molecule has 0 aromatic rings. The molecule has 0 aliphatic rings. The van der Waals surface area contributed by atoms with Crippen molar-refractivity contribution in [1.82, 2.24) is 0 Å². The molecule has 2 nitrogen and oxygen atoms in total. The van der Waals surface area contributed by atoms with Gasteiger partial charge in [-0.1, -0.05) is 0 Å². The molecule has 0 saturated heterocycles. The molecular formula is CH3FO2Si. The fourth-order valence-electron chi connectivity index (χ4n) is 0. The molecule has 0 fully saturated rings. The maximum Gasteiger partial charge on any atom is 0.549 e. The van der Waals surface area contributed by atoms with Crippen LogP contribution in [0.2, 0.25) is 0 Å². The second-order valence-corrected chi connectivity index (χ2v) is 0.250. The first-order chi connectivity index (χ1) is 2.41. The molecule has 0 radical (unpaired) electrons. The Bertz CT molecular complexity index is 30.6. The highest BCUT2D eigenvalue weighted by molar-refractivity contribution is 5.94. The maximum absolute atomic E-state index is 9.50. The fraction of sp³-hybridized carbons (Fsp3) is 1.00. The predicted molar refractivity (Wildman–Crippen MR) is 14.2 cm³/mol. The van der Waals surface area contributed by atoms with Gasteiger partial charge in [-0.15, -0.1) is 0 Å². The van der Waals surface area contributed by atoms with Crippen LogP contribution in [0.25, 0.3) is 0 Å². The van der Waals surface area contributed by atoms with E-state index < -0.39 is 9.29 Å². The summed E-state index contributed by atoms with van der Waals surface area (Å²) in [6.07, 6.45) is 0. The normalized spacial score (nSPS) is 2.80. The maximum atomic E-state index is 9.50. The summed E-state index contributed by atoms with van der Waals surface area (Å²) in [6, 6.07) is 0. The van der Waals surface area contributed by atoms with E-state index in [9.17, 15) is 4.39 Å². The van der Waals surface area contributed by atoms with Crippen molar-refractivity contribution in [2.45, 2.75) is 0 Å². The van der Waals surface area contributed by atoms with Gasteiger partial charge in [0.15, 0.2) is 0 Å². The van der Waals surface area contributed by atoms with Gasteiger partial charge in [0, 0.05) is 0 Å². The lowest BCUT2D eigenvalue weighted by Gasteiger charge is -1.10. The third kappa shape index (κ3) is 178. The minimum atomic E-state index is -1.42. The van der Waals surface area contributed by atoms with E-state index in [1.165, 1.54) is 0 Å². The van der Waals surface area contributed by atoms with Crippen molar-refractivity contribution in [3.05, 3.63) is 0 Å². The Morgan fingerprint density at radius 2 is 1.40 bits per heavy atom. The molecular weight excluding hydrogens is 91.1 g/mol. The first-order valence-electron chi connectivity index (χ1n) is 0.786. The van der Waals surface area contributed by atoms with Gasteiger partial charge in [0.2, 0.25) is 0 Å². The van der Waals surface area contributed by atoms with Crippen molar-refractivity contribution < 1.29 is 13.3 Å². The minimum absolute atomic E-state index is 0.500. The Morgan fingerprint density at radius 1 is 1.40 bits per heavy atom. The van der Waals surface area contributed by atoms with E-state index in [-0.39, 0.29) is 0 Å². The SMILES string of the molecule is CF.O=[Si]=O. The number of hydrogen-bond donors (Lipinski definition) is 0. The standard InChI is InChI=1S/CH3F.O2Si/c1-2;1-3-2/h1H3;. The van der Waals surface area contributed by atoms with Gasteiger partial charge in [-0.3, -0.25) is 13.3 Å². The third-order valence-corrected chi connectivity index (χ3v) is 0. The zero-order valence-electron chi connectivity index (χ0n) is 2.69. The zero-order chi connectivity index (χ0) is 4.71. The molecule has 0 atom stereocenters. The minimum Gasteiger partial charge on any atom is -0.274 e. The topological polar surface area (TPSA) is 34.1 Å². The molecule has 4 heteroatoms. The summed E-state index contributed by atoms with van der Waals surface area (Å²) >= 11 is 0. The molecule has 0 saturated carbocycles. The first kappa shape index (κ1) is 8.83. The Hall–Kier alpha value is -0.253. The molecule has 30 valence electrons. The van der Waals surface area contributed by atoms with Crippen LogP contribution >= 0.6 is 0 Å². The highest BCUT2D eigenvalue weighted by Gasteiger charge is 1.22. The van der Waals surface area contributed by atoms with Gasteiger partial charge in [-0.25, -0.2) is 0 Å². The molecule has 0 aliphatic carbocycles. The molecule has 0 rings (SSSR count). The molecule has 0 amide bonds. The van der Waals surface area contributed by atoms with Crippen LogP contribution in [-0.2, 0) is 8.92 Å². The predicted octanol–water partition coefficient (Wildman–Crippen LogP) is -0.0327. The van der Waals surface area contributed by atoms with E-state index in [0.717, 1.165) is 0 Å². The highest BCUT2D eigenvalue weighted by Crippen LogP contribution is 1.16. The Labute approximate surface area is 30.9 Å².